The quantitative estimate of drug-likeness (QED) is 0.521. The molecule has 0 heterocycles. The number of amides is 1. The Labute approximate surface area is 83.0 Å². The number of carbonyl (C=O) groups excluding carboxylic acids is 1. The van der Waals surface area contributed by atoms with Crippen molar-refractivity contribution < 1.29 is 14.7 Å². The maximum atomic E-state index is 11.1. The first-order valence-electron chi connectivity index (χ1n) is 4.38. The second kappa shape index (κ2) is 6.15. The highest BCUT2D eigenvalue weighted by Crippen LogP contribution is 1.98. The topological polar surface area (TPSA) is 92.4 Å². The molecule has 0 aliphatic carbocycles. The number of carbonyl (C=O) groups is 2. The number of carboxylic acids is 1. The van der Waals surface area contributed by atoms with Crippen molar-refractivity contribution in [3.8, 4) is 0 Å². The third-order valence-electron chi connectivity index (χ3n) is 1.69. The zero-order chi connectivity index (χ0) is 11.1. The van der Waals surface area contributed by atoms with Crippen LogP contribution in [-0.4, -0.2) is 29.6 Å². The van der Waals surface area contributed by atoms with Gasteiger partial charge in [-0.15, -0.1) is 0 Å². The Morgan fingerprint density at radius 2 is 2.14 bits per heavy atom. The Morgan fingerprint density at radius 1 is 1.57 bits per heavy atom. The third kappa shape index (κ3) is 4.61. The van der Waals surface area contributed by atoms with Crippen LogP contribution in [0.25, 0.3) is 0 Å². The van der Waals surface area contributed by atoms with Gasteiger partial charge in [0.05, 0.1) is 0 Å². The first-order valence-corrected chi connectivity index (χ1v) is 4.38. The molecular formula is C9H16N2O3. The van der Waals surface area contributed by atoms with E-state index in [1.165, 1.54) is 6.92 Å². The Bertz CT molecular complexity index is 238. The van der Waals surface area contributed by atoms with Crippen molar-refractivity contribution in [1.29, 1.82) is 0 Å². The predicted octanol–water partition coefficient (Wildman–Crippen LogP) is -0.129. The minimum atomic E-state index is -1.05. The summed E-state index contributed by atoms with van der Waals surface area (Å²) in [4.78, 5) is 21.8. The maximum absolute atomic E-state index is 11.1. The van der Waals surface area contributed by atoms with E-state index in [1.54, 1.807) is 0 Å². The number of nitrogens with one attached hydrogen (secondary N) is 1. The van der Waals surface area contributed by atoms with Crippen molar-refractivity contribution in [3.05, 3.63) is 12.2 Å². The SMILES string of the molecule is C=C(C)C(=O)N[C@@H](CCCN)C(=O)O. The number of nitrogens with two attached hydrogens (primary N) is 1. The van der Waals surface area contributed by atoms with Gasteiger partial charge in [-0.3, -0.25) is 4.79 Å². The molecule has 5 heteroatoms. The van der Waals surface area contributed by atoms with Gasteiger partial charge in [0.1, 0.15) is 6.04 Å². The van der Waals surface area contributed by atoms with Gasteiger partial charge in [-0.05, 0) is 26.3 Å². The second-order valence-corrected chi connectivity index (χ2v) is 3.08. The second-order valence-electron chi connectivity index (χ2n) is 3.08. The van der Waals surface area contributed by atoms with E-state index in [-0.39, 0.29) is 0 Å². The van der Waals surface area contributed by atoms with Crippen molar-refractivity contribution in [2.24, 2.45) is 5.73 Å². The molecule has 0 aromatic heterocycles. The van der Waals surface area contributed by atoms with E-state index in [0.29, 0.717) is 25.0 Å². The molecule has 0 aromatic rings. The predicted molar refractivity (Wildman–Crippen MR) is 52.7 cm³/mol. The molecule has 0 bridgehead atoms. The van der Waals surface area contributed by atoms with Crippen LogP contribution in [0.1, 0.15) is 19.8 Å². The molecule has 1 atom stereocenters. The number of rotatable bonds is 6. The van der Waals surface area contributed by atoms with Crippen LogP contribution in [0.2, 0.25) is 0 Å². The lowest BCUT2D eigenvalue weighted by molar-refractivity contribution is -0.141. The summed E-state index contributed by atoms with van der Waals surface area (Å²) < 4.78 is 0. The Morgan fingerprint density at radius 3 is 2.50 bits per heavy atom. The molecule has 0 aliphatic heterocycles. The first-order chi connectivity index (χ1) is 6.49. The highest BCUT2D eigenvalue weighted by atomic mass is 16.4. The molecule has 0 rings (SSSR count). The Balaban J connectivity index is 4.16. The molecule has 0 radical (unpaired) electrons. The highest BCUT2D eigenvalue weighted by Gasteiger charge is 2.18. The van der Waals surface area contributed by atoms with Gasteiger partial charge in [-0.2, -0.15) is 0 Å². The van der Waals surface area contributed by atoms with Crippen LogP contribution in [-0.2, 0) is 9.59 Å². The van der Waals surface area contributed by atoms with E-state index in [0.717, 1.165) is 0 Å². The van der Waals surface area contributed by atoms with Crippen molar-refractivity contribution in [3.63, 3.8) is 0 Å². The van der Waals surface area contributed by atoms with E-state index < -0.39 is 17.9 Å². The number of hydrogen-bond acceptors (Lipinski definition) is 3. The highest BCUT2D eigenvalue weighted by molar-refractivity contribution is 5.94. The summed E-state index contributed by atoms with van der Waals surface area (Å²) >= 11 is 0. The van der Waals surface area contributed by atoms with E-state index in [9.17, 15) is 9.59 Å². The van der Waals surface area contributed by atoms with Gasteiger partial charge in [0.2, 0.25) is 5.91 Å². The third-order valence-corrected chi connectivity index (χ3v) is 1.69. The average molecular weight is 200 g/mol. The lowest BCUT2D eigenvalue weighted by Crippen LogP contribution is -2.41. The molecule has 0 saturated carbocycles. The van der Waals surface area contributed by atoms with E-state index in [4.69, 9.17) is 10.8 Å². The average Bonchev–Trinajstić information content (AvgIpc) is 2.10. The largest absolute Gasteiger partial charge is 0.480 e. The molecule has 1 amide bonds. The molecule has 0 saturated heterocycles. The molecule has 5 nitrogen and oxygen atoms in total. The zero-order valence-corrected chi connectivity index (χ0v) is 8.25. The van der Waals surface area contributed by atoms with Gasteiger partial charge in [-0.25, -0.2) is 4.79 Å². The van der Waals surface area contributed by atoms with Gasteiger partial charge >= 0.3 is 5.97 Å². The monoisotopic (exact) mass is 200 g/mol. The van der Waals surface area contributed by atoms with Crippen LogP contribution in [0.5, 0.6) is 0 Å². The number of aliphatic carboxylic acids is 1. The molecule has 4 N–H and O–H groups in total. The summed E-state index contributed by atoms with van der Waals surface area (Å²) in [5.74, 6) is -1.48. The molecule has 80 valence electrons. The van der Waals surface area contributed by atoms with Crippen molar-refractivity contribution in [2.45, 2.75) is 25.8 Å². The first kappa shape index (κ1) is 12.6. The van der Waals surface area contributed by atoms with Crippen molar-refractivity contribution in [1.82, 2.24) is 5.32 Å². The van der Waals surface area contributed by atoms with Crippen LogP contribution in [0.3, 0.4) is 0 Å². The molecular weight excluding hydrogens is 184 g/mol. The standard InChI is InChI=1S/C9H16N2O3/c1-6(2)8(12)11-7(9(13)14)4-3-5-10/h7H,1,3-5,10H2,2H3,(H,11,12)(H,13,14)/t7-/m0/s1. The number of carboxylic acid groups (broad SMARTS) is 1. The van der Waals surface area contributed by atoms with E-state index in [1.807, 2.05) is 0 Å². The minimum Gasteiger partial charge on any atom is -0.480 e. The molecule has 14 heavy (non-hydrogen) atoms. The maximum Gasteiger partial charge on any atom is 0.326 e. The van der Waals surface area contributed by atoms with Crippen molar-refractivity contribution in [2.75, 3.05) is 6.54 Å². The van der Waals surface area contributed by atoms with Crippen LogP contribution < -0.4 is 11.1 Å². The molecule has 0 unspecified atom stereocenters. The fourth-order valence-corrected chi connectivity index (χ4v) is 0.861. The molecule has 0 aromatic carbocycles. The lowest BCUT2D eigenvalue weighted by atomic mass is 10.1. The summed E-state index contributed by atoms with van der Waals surface area (Å²) in [6.45, 7) is 5.35. The van der Waals surface area contributed by atoms with Gasteiger partial charge in [0.25, 0.3) is 0 Å². The molecule has 0 aliphatic rings. The Hall–Kier alpha value is -1.36. The van der Waals surface area contributed by atoms with Gasteiger partial charge in [-0.1, -0.05) is 6.58 Å². The summed E-state index contributed by atoms with van der Waals surface area (Å²) in [6.07, 6.45) is 0.901. The molecule has 0 spiro atoms. The fraction of sp³-hybridized carbons (Fsp3) is 0.556. The van der Waals surface area contributed by atoms with E-state index in [2.05, 4.69) is 11.9 Å². The Kier molecular flexibility index (Phi) is 5.55. The van der Waals surface area contributed by atoms with Gasteiger partial charge in [0, 0.05) is 5.57 Å². The fourth-order valence-electron chi connectivity index (χ4n) is 0.861. The van der Waals surface area contributed by atoms with Crippen LogP contribution in [0.15, 0.2) is 12.2 Å². The van der Waals surface area contributed by atoms with Crippen LogP contribution in [0, 0.1) is 0 Å². The summed E-state index contributed by atoms with van der Waals surface area (Å²) in [6, 6.07) is -0.872. The normalized spacial score (nSPS) is 11.9. The van der Waals surface area contributed by atoms with Crippen molar-refractivity contribution >= 4 is 11.9 Å². The minimum absolute atomic E-state index is 0.295. The van der Waals surface area contributed by atoms with Crippen LogP contribution >= 0.6 is 0 Å². The van der Waals surface area contributed by atoms with Gasteiger partial charge in [0.15, 0.2) is 0 Å². The number of hydrogen-bond donors (Lipinski definition) is 3. The summed E-state index contributed by atoms with van der Waals surface area (Å²) in [7, 11) is 0. The summed E-state index contributed by atoms with van der Waals surface area (Å²) in [5.41, 5.74) is 5.54. The van der Waals surface area contributed by atoms with Gasteiger partial charge < -0.3 is 16.2 Å². The van der Waals surface area contributed by atoms with E-state index >= 15 is 0 Å². The molecule has 0 fully saturated rings. The lowest BCUT2D eigenvalue weighted by Gasteiger charge is -2.13. The van der Waals surface area contributed by atoms with Crippen LogP contribution in [0.4, 0.5) is 0 Å². The smallest absolute Gasteiger partial charge is 0.326 e. The zero-order valence-electron chi connectivity index (χ0n) is 8.25. The summed E-state index contributed by atoms with van der Waals surface area (Å²) in [5, 5.41) is 11.1.